The third-order valence-electron chi connectivity index (χ3n) is 3.45. The molecule has 0 unspecified atom stereocenters. The highest BCUT2D eigenvalue weighted by Crippen LogP contribution is 2.11. The first-order valence-electron chi connectivity index (χ1n) is 7.44. The van der Waals surface area contributed by atoms with E-state index in [2.05, 4.69) is 30.2 Å². The van der Waals surface area contributed by atoms with Crippen molar-refractivity contribution in [1.82, 2.24) is 25.3 Å². The lowest BCUT2D eigenvalue weighted by atomic mass is 10.4. The molecule has 1 amide bonds. The molecular weight excluding hydrogens is 296 g/mol. The van der Waals surface area contributed by atoms with Crippen LogP contribution in [0.5, 0.6) is 0 Å². The molecule has 1 fully saturated rings. The van der Waals surface area contributed by atoms with Gasteiger partial charge in [-0.1, -0.05) is 0 Å². The predicted octanol–water partition coefficient (Wildman–Crippen LogP) is 0.342. The minimum atomic E-state index is -0.294. The molecule has 120 valence electrons. The van der Waals surface area contributed by atoms with Gasteiger partial charge < -0.3 is 15.0 Å². The summed E-state index contributed by atoms with van der Waals surface area (Å²) in [5.74, 6) is 1.11. The van der Waals surface area contributed by atoms with E-state index in [0.717, 1.165) is 24.6 Å². The van der Waals surface area contributed by atoms with Crippen LogP contribution in [0.3, 0.4) is 0 Å². The van der Waals surface area contributed by atoms with E-state index in [-0.39, 0.29) is 18.1 Å². The Labute approximate surface area is 134 Å². The van der Waals surface area contributed by atoms with E-state index in [9.17, 15) is 4.79 Å². The Bertz CT molecular complexity index is 670. The topological polar surface area (TPSA) is 93.1 Å². The quantitative estimate of drug-likeness (QED) is 0.870. The van der Waals surface area contributed by atoms with Gasteiger partial charge in [0, 0.05) is 25.5 Å². The number of amides is 1. The lowest BCUT2D eigenvalue weighted by Gasteiger charge is -2.27. The summed E-state index contributed by atoms with van der Waals surface area (Å²) in [6, 6.07) is 1.86. The molecule has 2 aromatic heterocycles. The van der Waals surface area contributed by atoms with Crippen molar-refractivity contribution in [2.24, 2.45) is 0 Å². The van der Waals surface area contributed by atoms with Crippen LogP contribution in [0.2, 0.25) is 0 Å². The molecular formula is C15H18N6O2. The fraction of sp³-hybridized carbons (Fsp3) is 0.400. The zero-order valence-electron chi connectivity index (χ0n) is 12.9. The molecule has 8 heteroatoms. The third-order valence-corrected chi connectivity index (χ3v) is 3.45. The molecule has 2 aromatic rings. The number of aromatic nitrogens is 4. The number of carbonyl (C=O) groups is 1. The number of hydrogen-bond donors (Lipinski definition) is 1. The van der Waals surface area contributed by atoms with Crippen molar-refractivity contribution in [2.45, 2.75) is 13.5 Å². The van der Waals surface area contributed by atoms with Crippen molar-refractivity contribution in [3.63, 3.8) is 0 Å². The Morgan fingerprint density at radius 2 is 2.09 bits per heavy atom. The van der Waals surface area contributed by atoms with Crippen molar-refractivity contribution >= 4 is 11.7 Å². The number of carbonyl (C=O) groups excluding carboxylic acids is 1. The second kappa shape index (κ2) is 7.10. The highest BCUT2D eigenvalue weighted by molar-refractivity contribution is 5.91. The maximum atomic E-state index is 12.0. The van der Waals surface area contributed by atoms with E-state index < -0.39 is 0 Å². The second-order valence-corrected chi connectivity index (χ2v) is 5.16. The van der Waals surface area contributed by atoms with Gasteiger partial charge in [-0.05, 0) is 13.0 Å². The van der Waals surface area contributed by atoms with Crippen molar-refractivity contribution in [3.05, 3.63) is 41.9 Å². The zero-order valence-corrected chi connectivity index (χ0v) is 12.9. The molecule has 0 aliphatic carbocycles. The molecule has 3 heterocycles. The number of hydrogen-bond acceptors (Lipinski definition) is 7. The van der Waals surface area contributed by atoms with E-state index in [1.165, 1.54) is 6.20 Å². The van der Waals surface area contributed by atoms with Crippen LogP contribution in [0.25, 0.3) is 0 Å². The van der Waals surface area contributed by atoms with E-state index in [0.29, 0.717) is 19.0 Å². The standard InChI is InChI=1S/C15H18N6O2/c1-11-8-18-12(9-17-11)15(22)19-10-13-16-3-2-14(20-13)21-4-6-23-7-5-21/h2-3,8-9H,4-7,10H2,1H3,(H,19,22). The molecule has 3 rings (SSSR count). The van der Waals surface area contributed by atoms with Crippen molar-refractivity contribution < 1.29 is 9.53 Å². The van der Waals surface area contributed by atoms with Crippen LogP contribution in [-0.2, 0) is 11.3 Å². The molecule has 0 aromatic carbocycles. The van der Waals surface area contributed by atoms with E-state index in [1.54, 1.807) is 12.4 Å². The largest absolute Gasteiger partial charge is 0.378 e. The maximum absolute atomic E-state index is 12.0. The highest BCUT2D eigenvalue weighted by atomic mass is 16.5. The summed E-state index contributed by atoms with van der Waals surface area (Å²) < 4.78 is 5.33. The summed E-state index contributed by atoms with van der Waals surface area (Å²) in [7, 11) is 0. The normalized spacial score (nSPS) is 14.6. The summed E-state index contributed by atoms with van der Waals surface area (Å²) in [4.78, 5) is 30.9. The number of morpholine rings is 1. The Morgan fingerprint density at radius 3 is 2.83 bits per heavy atom. The molecule has 0 spiro atoms. The second-order valence-electron chi connectivity index (χ2n) is 5.16. The van der Waals surface area contributed by atoms with Gasteiger partial charge in [-0.3, -0.25) is 9.78 Å². The SMILES string of the molecule is Cc1cnc(C(=O)NCc2nccc(N3CCOCC3)n2)cn1. The van der Waals surface area contributed by atoms with Crippen LogP contribution in [0, 0.1) is 6.92 Å². The van der Waals surface area contributed by atoms with Crippen LogP contribution < -0.4 is 10.2 Å². The van der Waals surface area contributed by atoms with Gasteiger partial charge in [-0.25, -0.2) is 15.0 Å². The minimum absolute atomic E-state index is 0.243. The summed E-state index contributed by atoms with van der Waals surface area (Å²) in [6.07, 6.45) is 4.71. The average molecular weight is 314 g/mol. The number of ether oxygens (including phenoxy) is 1. The molecule has 1 N–H and O–H groups in total. The predicted molar refractivity (Wildman–Crippen MR) is 83.0 cm³/mol. The average Bonchev–Trinajstić information content (AvgIpc) is 2.61. The number of nitrogens with zero attached hydrogens (tertiary/aromatic N) is 5. The first-order chi connectivity index (χ1) is 11.2. The van der Waals surface area contributed by atoms with Gasteiger partial charge in [0.2, 0.25) is 0 Å². The molecule has 1 saturated heterocycles. The molecule has 8 nitrogen and oxygen atoms in total. The Morgan fingerprint density at radius 1 is 1.26 bits per heavy atom. The Kier molecular flexibility index (Phi) is 4.72. The van der Waals surface area contributed by atoms with Gasteiger partial charge in [0.15, 0.2) is 0 Å². The molecule has 1 aliphatic heterocycles. The fourth-order valence-electron chi connectivity index (χ4n) is 2.20. The van der Waals surface area contributed by atoms with E-state index in [4.69, 9.17) is 4.74 Å². The molecule has 0 bridgehead atoms. The summed E-state index contributed by atoms with van der Waals surface area (Å²) in [6.45, 7) is 5.07. The van der Waals surface area contributed by atoms with Gasteiger partial charge >= 0.3 is 0 Å². The van der Waals surface area contributed by atoms with Gasteiger partial charge in [-0.2, -0.15) is 0 Å². The molecule has 1 aliphatic rings. The molecule has 23 heavy (non-hydrogen) atoms. The number of rotatable bonds is 4. The Hall–Kier alpha value is -2.61. The van der Waals surface area contributed by atoms with Gasteiger partial charge in [0.05, 0.1) is 31.6 Å². The molecule has 0 atom stereocenters. The molecule has 0 saturated carbocycles. The van der Waals surface area contributed by atoms with Gasteiger partial charge in [-0.15, -0.1) is 0 Å². The number of nitrogens with one attached hydrogen (secondary N) is 1. The zero-order chi connectivity index (χ0) is 16.1. The lowest BCUT2D eigenvalue weighted by Crippen LogP contribution is -2.37. The molecule has 0 radical (unpaired) electrons. The van der Waals surface area contributed by atoms with E-state index >= 15 is 0 Å². The van der Waals surface area contributed by atoms with Crippen molar-refractivity contribution in [3.8, 4) is 0 Å². The lowest BCUT2D eigenvalue weighted by molar-refractivity contribution is 0.0944. The third kappa shape index (κ3) is 3.98. The van der Waals surface area contributed by atoms with Crippen LogP contribution in [0.15, 0.2) is 24.7 Å². The van der Waals surface area contributed by atoms with Crippen molar-refractivity contribution in [1.29, 1.82) is 0 Å². The number of aryl methyl sites for hydroxylation is 1. The smallest absolute Gasteiger partial charge is 0.271 e. The first kappa shape index (κ1) is 15.3. The summed E-state index contributed by atoms with van der Waals surface area (Å²) in [5, 5.41) is 2.76. The number of anilines is 1. The van der Waals surface area contributed by atoms with Gasteiger partial charge in [0.1, 0.15) is 17.3 Å². The fourth-order valence-corrected chi connectivity index (χ4v) is 2.20. The Balaban J connectivity index is 1.61. The summed E-state index contributed by atoms with van der Waals surface area (Å²) >= 11 is 0. The first-order valence-corrected chi connectivity index (χ1v) is 7.44. The van der Waals surface area contributed by atoms with Crippen LogP contribution in [-0.4, -0.2) is 52.1 Å². The highest BCUT2D eigenvalue weighted by Gasteiger charge is 2.13. The van der Waals surface area contributed by atoms with Gasteiger partial charge in [0.25, 0.3) is 5.91 Å². The van der Waals surface area contributed by atoms with E-state index in [1.807, 2.05) is 13.0 Å². The monoisotopic (exact) mass is 314 g/mol. The maximum Gasteiger partial charge on any atom is 0.271 e. The summed E-state index contributed by atoms with van der Waals surface area (Å²) in [5.41, 5.74) is 1.04. The van der Waals surface area contributed by atoms with Crippen LogP contribution in [0.1, 0.15) is 22.0 Å². The van der Waals surface area contributed by atoms with Crippen LogP contribution in [0.4, 0.5) is 5.82 Å². The van der Waals surface area contributed by atoms with Crippen molar-refractivity contribution in [2.75, 3.05) is 31.2 Å². The minimum Gasteiger partial charge on any atom is -0.378 e. The van der Waals surface area contributed by atoms with Crippen LogP contribution >= 0.6 is 0 Å².